The number of carbonyl (C=O) groups excluding carboxylic acids is 1. The molecule has 2 heterocycles. The van der Waals surface area contributed by atoms with Crippen LogP contribution >= 0.6 is 23.1 Å². The SMILES string of the molecule is Cn1c(Cc2cccs2)nnc1SCC(N)=O. The van der Waals surface area contributed by atoms with E-state index in [-0.39, 0.29) is 11.7 Å². The van der Waals surface area contributed by atoms with Crippen LogP contribution in [-0.2, 0) is 18.3 Å². The minimum Gasteiger partial charge on any atom is -0.369 e. The first-order chi connectivity index (χ1) is 8.16. The number of aromatic nitrogens is 3. The summed E-state index contributed by atoms with van der Waals surface area (Å²) < 4.78 is 1.90. The van der Waals surface area contributed by atoms with E-state index in [1.54, 1.807) is 11.3 Å². The van der Waals surface area contributed by atoms with Crippen LogP contribution in [0.3, 0.4) is 0 Å². The molecule has 5 nitrogen and oxygen atoms in total. The highest BCUT2D eigenvalue weighted by Crippen LogP contribution is 2.18. The van der Waals surface area contributed by atoms with E-state index in [1.165, 1.54) is 16.6 Å². The lowest BCUT2D eigenvalue weighted by Crippen LogP contribution is -2.13. The fourth-order valence-electron chi connectivity index (χ4n) is 1.33. The Bertz CT molecular complexity index is 506. The molecule has 2 N–H and O–H groups in total. The van der Waals surface area contributed by atoms with Gasteiger partial charge in [-0.25, -0.2) is 0 Å². The van der Waals surface area contributed by atoms with Gasteiger partial charge in [-0.15, -0.1) is 21.5 Å². The molecule has 0 aliphatic heterocycles. The van der Waals surface area contributed by atoms with Gasteiger partial charge in [0, 0.05) is 18.3 Å². The van der Waals surface area contributed by atoms with Crippen LogP contribution < -0.4 is 5.73 Å². The molecule has 90 valence electrons. The predicted molar refractivity (Wildman–Crippen MR) is 68.0 cm³/mol. The number of nitrogens with zero attached hydrogens (tertiary/aromatic N) is 3. The molecule has 0 aliphatic carbocycles. The van der Waals surface area contributed by atoms with Crippen LogP contribution in [0.5, 0.6) is 0 Å². The third-order valence-electron chi connectivity index (χ3n) is 2.18. The molecule has 0 spiro atoms. The van der Waals surface area contributed by atoms with Crippen LogP contribution in [0.2, 0.25) is 0 Å². The molecule has 0 aliphatic rings. The Morgan fingerprint density at radius 1 is 1.59 bits per heavy atom. The Labute approximate surface area is 107 Å². The Balaban J connectivity index is 2.07. The van der Waals surface area contributed by atoms with Crippen LogP contribution in [0.15, 0.2) is 22.7 Å². The maximum Gasteiger partial charge on any atom is 0.227 e. The lowest BCUT2D eigenvalue weighted by molar-refractivity contribution is -0.115. The highest BCUT2D eigenvalue weighted by molar-refractivity contribution is 7.99. The summed E-state index contributed by atoms with van der Waals surface area (Å²) in [5.41, 5.74) is 5.09. The number of carbonyl (C=O) groups is 1. The van der Waals surface area contributed by atoms with Crippen LogP contribution in [-0.4, -0.2) is 26.4 Å². The zero-order valence-electron chi connectivity index (χ0n) is 9.29. The van der Waals surface area contributed by atoms with Crippen LogP contribution in [0, 0.1) is 0 Å². The Kier molecular flexibility index (Phi) is 3.80. The van der Waals surface area contributed by atoms with Gasteiger partial charge in [0.2, 0.25) is 5.91 Å². The second-order valence-electron chi connectivity index (χ2n) is 3.47. The average molecular weight is 268 g/mol. The van der Waals surface area contributed by atoms with Crippen molar-refractivity contribution in [2.75, 3.05) is 5.75 Å². The topological polar surface area (TPSA) is 73.8 Å². The lowest BCUT2D eigenvalue weighted by Gasteiger charge is -2.01. The van der Waals surface area contributed by atoms with Gasteiger partial charge in [-0.1, -0.05) is 17.8 Å². The largest absolute Gasteiger partial charge is 0.369 e. The number of amides is 1. The molecule has 0 bridgehead atoms. The van der Waals surface area contributed by atoms with Crippen molar-refractivity contribution >= 4 is 29.0 Å². The fraction of sp³-hybridized carbons (Fsp3) is 0.300. The first-order valence-electron chi connectivity index (χ1n) is 4.98. The summed E-state index contributed by atoms with van der Waals surface area (Å²) in [4.78, 5) is 11.9. The van der Waals surface area contributed by atoms with Crippen LogP contribution in [0.1, 0.15) is 10.7 Å². The van der Waals surface area contributed by atoms with E-state index in [4.69, 9.17) is 5.73 Å². The maximum atomic E-state index is 10.7. The van der Waals surface area contributed by atoms with Crippen LogP contribution in [0.25, 0.3) is 0 Å². The molecule has 2 aromatic rings. The van der Waals surface area contributed by atoms with Gasteiger partial charge < -0.3 is 10.3 Å². The molecule has 1 amide bonds. The fourth-order valence-corrected chi connectivity index (χ4v) is 2.70. The second-order valence-corrected chi connectivity index (χ2v) is 5.44. The van der Waals surface area contributed by atoms with Crippen molar-refractivity contribution in [2.24, 2.45) is 12.8 Å². The molecule has 17 heavy (non-hydrogen) atoms. The molecule has 0 atom stereocenters. The van der Waals surface area contributed by atoms with E-state index < -0.39 is 0 Å². The van der Waals surface area contributed by atoms with Gasteiger partial charge >= 0.3 is 0 Å². The van der Waals surface area contributed by atoms with Gasteiger partial charge in [-0.05, 0) is 11.4 Å². The molecule has 0 unspecified atom stereocenters. The number of hydrogen-bond acceptors (Lipinski definition) is 5. The monoisotopic (exact) mass is 268 g/mol. The number of rotatable bonds is 5. The van der Waals surface area contributed by atoms with Crippen molar-refractivity contribution in [1.29, 1.82) is 0 Å². The van der Waals surface area contributed by atoms with Crippen molar-refractivity contribution in [3.05, 3.63) is 28.2 Å². The van der Waals surface area contributed by atoms with Crippen molar-refractivity contribution < 1.29 is 4.79 Å². The molecule has 0 fully saturated rings. The molecule has 0 saturated carbocycles. The summed E-state index contributed by atoms with van der Waals surface area (Å²) in [5, 5.41) is 10.9. The van der Waals surface area contributed by atoms with Gasteiger partial charge in [-0.2, -0.15) is 0 Å². The normalized spacial score (nSPS) is 10.6. The zero-order chi connectivity index (χ0) is 12.3. The molecule has 0 saturated heterocycles. The van der Waals surface area contributed by atoms with Crippen molar-refractivity contribution in [3.8, 4) is 0 Å². The molecule has 0 aromatic carbocycles. The van der Waals surface area contributed by atoms with Crippen molar-refractivity contribution in [3.63, 3.8) is 0 Å². The van der Waals surface area contributed by atoms with Gasteiger partial charge in [0.1, 0.15) is 5.82 Å². The summed E-state index contributed by atoms with van der Waals surface area (Å²) in [5.74, 6) is 0.766. The first-order valence-corrected chi connectivity index (χ1v) is 6.85. The maximum absolute atomic E-state index is 10.7. The van der Waals surface area contributed by atoms with Crippen LogP contribution in [0.4, 0.5) is 0 Å². The molecule has 0 radical (unpaired) electrons. The summed E-state index contributed by atoms with van der Waals surface area (Å²) in [6, 6.07) is 4.08. The zero-order valence-corrected chi connectivity index (χ0v) is 10.9. The molecule has 7 heteroatoms. The highest BCUT2D eigenvalue weighted by atomic mass is 32.2. The standard InChI is InChI=1S/C10H12N4OS2/c1-14-9(5-7-3-2-4-16-7)12-13-10(14)17-6-8(11)15/h2-4H,5-6H2,1H3,(H2,11,15). The molecular weight excluding hydrogens is 256 g/mol. The van der Waals surface area contributed by atoms with E-state index in [1.807, 2.05) is 23.1 Å². The summed E-state index contributed by atoms with van der Waals surface area (Å²) >= 11 is 3.00. The van der Waals surface area contributed by atoms with Gasteiger partial charge in [-0.3, -0.25) is 4.79 Å². The lowest BCUT2D eigenvalue weighted by atomic mass is 10.3. The minimum atomic E-state index is -0.349. The summed E-state index contributed by atoms with van der Waals surface area (Å²) in [6.07, 6.45) is 0.762. The third-order valence-corrected chi connectivity index (χ3v) is 4.10. The number of primary amides is 1. The summed E-state index contributed by atoms with van der Waals surface area (Å²) in [6.45, 7) is 0. The molecule has 2 aromatic heterocycles. The van der Waals surface area contributed by atoms with E-state index in [0.29, 0.717) is 0 Å². The predicted octanol–water partition coefficient (Wildman–Crippen LogP) is 1.04. The third kappa shape index (κ3) is 3.07. The van der Waals surface area contributed by atoms with E-state index >= 15 is 0 Å². The average Bonchev–Trinajstić information content (AvgIpc) is 2.89. The number of thiophene rings is 1. The van der Waals surface area contributed by atoms with Crippen molar-refractivity contribution in [2.45, 2.75) is 11.6 Å². The molecular formula is C10H12N4OS2. The van der Waals surface area contributed by atoms with E-state index in [2.05, 4.69) is 16.3 Å². The number of hydrogen-bond donors (Lipinski definition) is 1. The van der Waals surface area contributed by atoms with Gasteiger partial charge in [0.05, 0.1) is 5.75 Å². The van der Waals surface area contributed by atoms with Gasteiger partial charge in [0.15, 0.2) is 5.16 Å². The molecule has 2 rings (SSSR count). The first kappa shape index (κ1) is 12.1. The minimum absolute atomic E-state index is 0.227. The Morgan fingerprint density at radius 3 is 3.06 bits per heavy atom. The number of nitrogens with two attached hydrogens (primary N) is 1. The summed E-state index contributed by atoms with van der Waals surface area (Å²) in [7, 11) is 1.90. The van der Waals surface area contributed by atoms with Crippen molar-refractivity contribution in [1.82, 2.24) is 14.8 Å². The van der Waals surface area contributed by atoms with E-state index in [0.717, 1.165) is 17.4 Å². The highest BCUT2D eigenvalue weighted by Gasteiger charge is 2.10. The second kappa shape index (κ2) is 5.33. The number of thioether (sulfide) groups is 1. The van der Waals surface area contributed by atoms with E-state index in [9.17, 15) is 4.79 Å². The Hall–Kier alpha value is -1.34. The quantitative estimate of drug-likeness (QED) is 0.822. The Morgan fingerprint density at radius 2 is 2.41 bits per heavy atom. The van der Waals surface area contributed by atoms with Gasteiger partial charge in [0.25, 0.3) is 0 Å². The smallest absolute Gasteiger partial charge is 0.227 e.